The van der Waals surface area contributed by atoms with Crippen molar-refractivity contribution in [2.24, 2.45) is 5.92 Å². The summed E-state index contributed by atoms with van der Waals surface area (Å²) in [6.45, 7) is 4.21. The van der Waals surface area contributed by atoms with Crippen LogP contribution in [0.1, 0.15) is 55.1 Å². The fraction of sp³-hybridized carbons (Fsp3) is 0.733. The summed E-state index contributed by atoms with van der Waals surface area (Å²) in [5.74, 6) is 0.977. The zero-order valence-electron chi connectivity index (χ0n) is 12.6. The highest BCUT2D eigenvalue weighted by atomic mass is 32.1. The number of rotatable bonds is 4. The summed E-state index contributed by atoms with van der Waals surface area (Å²) in [5, 5.41) is 3.98. The normalized spacial score (nSPS) is 25.5. The van der Waals surface area contributed by atoms with E-state index in [1.54, 1.807) is 0 Å². The maximum Gasteiger partial charge on any atom is 0.265 e. The van der Waals surface area contributed by atoms with Crippen molar-refractivity contribution in [1.29, 1.82) is 0 Å². The van der Waals surface area contributed by atoms with Gasteiger partial charge in [-0.15, -0.1) is 0 Å². The Morgan fingerprint density at radius 3 is 2.71 bits per heavy atom. The van der Waals surface area contributed by atoms with Crippen molar-refractivity contribution in [2.75, 3.05) is 23.7 Å². The van der Waals surface area contributed by atoms with Crippen LogP contribution in [0.3, 0.4) is 0 Å². The number of thiazole rings is 1. The van der Waals surface area contributed by atoms with Gasteiger partial charge in [-0.3, -0.25) is 4.79 Å². The molecular formula is C15H24N4OS. The van der Waals surface area contributed by atoms with Gasteiger partial charge in [-0.25, -0.2) is 4.98 Å². The third-order valence-electron chi connectivity index (χ3n) is 4.49. The monoisotopic (exact) mass is 308 g/mol. The van der Waals surface area contributed by atoms with Gasteiger partial charge in [0, 0.05) is 19.1 Å². The topological polar surface area (TPSA) is 71.2 Å². The number of carbonyl (C=O) groups excluding carboxylic acids is 1. The first kappa shape index (κ1) is 14.6. The lowest BCUT2D eigenvalue weighted by Crippen LogP contribution is -2.26. The smallest absolute Gasteiger partial charge is 0.265 e. The van der Waals surface area contributed by atoms with Crippen LogP contribution in [0.2, 0.25) is 0 Å². The molecule has 0 spiro atoms. The molecule has 1 aliphatic carbocycles. The molecule has 2 aliphatic rings. The van der Waals surface area contributed by atoms with Crippen molar-refractivity contribution in [1.82, 2.24) is 10.3 Å². The minimum absolute atomic E-state index is 0.0491. The SMILES string of the molecule is CCC1CC1NC(=O)c1sc(N2CCCCCC2)nc1N. The predicted molar refractivity (Wildman–Crippen MR) is 86.9 cm³/mol. The van der Waals surface area contributed by atoms with Gasteiger partial charge in [0.1, 0.15) is 10.7 Å². The summed E-state index contributed by atoms with van der Waals surface area (Å²) in [6.07, 6.45) is 7.18. The average molecular weight is 308 g/mol. The molecule has 0 aromatic carbocycles. The van der Waals surface area contributed by atoms with Gasteiger partial charge in [0.15, 0.2) is 5.13 Å². The van der Waals surface area contributed by atoms with E-state index in [0.29, 0.717) is 22.7 Å². The maximum absolute atomic E-state index is 12.3. The summed E-state index contributed by atoms with van der Waals surface area (Å²) in [7, 11) is 0. The Morgan fingerprint density at radius 1 is 1.38 bits per heavy atom. The van der Waals surface area contributed by atoms with Gasteiger partial charge in [-0.1, -0.05) is 37.5 Å². The Balaban J connectivity index is 1.67. The second kappa shape index (κ2) is 6.22. The molecule has 1 saturated carbocycles. The summed E-state index contributed by atoms with van der Waals surface area (Å²) >= 11 is 1.44. The Morgan fingerprint density at radius 2 is 2.10 bits per heavy atom. The first-order valence-electron chi connectivity index (χ1n) is 8.01. The Hall–Kier alpha value is -1.30. The molecule has 1 aromatic rings. The molecule has 3 N–H and O–H groups in total. The number of carbonyl (C=O) groups is 1. The van der Waals surface area contributed by atoms with Crippen LogP contribution in [-0.4, -0.2) is 30.0 Å². The molecule has 21 heavy (non-hydrogen) atoms. The van der Waals surface area contributed by atoms with E-state index < -0.39 is 0 Å². The average Bonchev–Trinajstić information content (AvgIpc) is 3.18. The third-order valence-corrected chi connectivity index (χ3v) is 5.62. The minimum Gasteiger partial charge on any atom is -0.382 e. The van der Waals surface area contributed by atoms with Crippen LogP contribution in [-0.2, 0) is 0 Å². The predicted octanol–water partition coefficient (Wildman–Crippen LogP) is 2.63. The summed E-state index contributed by atoms with van der Waals surface area (Å²) in [5.41, 5.74) is 5.96. The number of nitrogens with two attached hydrogens (primary N) is 1. The van der Waals surface area contributed by atoms with Crippen LogP contribution in [0.4, 0.5) is 10.9 Å². The molecule has 1 aliphatic heterocycles. The van der Waals surface area contributed by atoms with E-state index in [1.165, 1.54) is 37.0 Å². The third kappa shape index (κ3) is 3.31. The van der Waals surface area contributed by atoms with Gasteiger partial charge in [0.25, 0.3) is 5.91 Å². The standard InChI is InChI=1S/C15H24N4OS/c1-2-10-9-11(10)17-14(20)12-13(16)18-15(21-12)19-7-5-3-4-6-8-19/h10-11H,2-9,16H2,1H3,(H,17,20). The molecule has 1 saturated heterocycles. The van der Waals surface area contributed by atoms with E-state index in [0.717, 1.165) is 31.1 Å². The van der Waals surface area contributed by atoms with Crippen LogP contribution in [0.25, 0.3) is 0 Å². The zero-order valence-corrected chi connectivity index (χ0v) is 13.4. The van der Waals surface area contributed by atoms with E-state index in [2.05, 4.69) is 22.1 Å². The van der Waals surface area contributed by atoms with Crippen molar-refractivity contribution < 1.29 is 4.79 Å². The maximum atomic E-state index is 12.3. The largest absolute Gasteiger partial charge is 0.382 e. The highest BCUT2D eigenvalue weighted by Crippen LogP contribution is 2.35. The van der Waals surface area contributed by atoms with Crippen molar-refractivity contribution >= 4 is 28.2 Å². The molecule has 2 fully saturated rings. The first-order valence-corrected chi connectivity index (χ1v) is 8.82. The van der Waals surface area contributed by atoms with Gasteiger partial charge in [-0.2, -0.15) is 0 Å². The number of amides is 1. The quantitative estimate of drug-likeness (QED) is 0.897. The lowest BCUT2D eigenvalue weighted by Gasteiger charge is -2.18. The molecule has 0 radical (unpaired) electrons. The van der Waals surface area contributed by atoms with E-state index in [9.17, 15) is 4.79 Å². The molecule has 3 rings (SSSR count). The van der Waals surface area contributed by atoms with Gasteiger partial charge in [0.2, 0.25) is 0 Å². The summed E-state index contributed by atoms with van der Waals surface area (Å²) in [4.78, 5) is 19.6. The molecule has 2 heterocycles. The van der Waals surface area contributed by atoms with Gasteiger partial charge in [0.05, 0.1) is 0 Å². The minimum atomic E-state index is -0.0491. The summed E-state index contributed by atoms with van der Waals surface area (Å²) in [6, 6.07) is 0.339. The molecular weight excluding hydrogens is 284 g/mol. The van der Waals surface area contributed by atoms with Gasteiger partial charge >= 0.3 is 0 Å². The van der Waals surface area contributed by atoms with Crippen molar-refractivity contribution in [2.45, 2.75) is 51.5 Å². The van der Waals surface area contributed by atoms with Crippen molar-refractivity contribution in [3.63, 3.8) is 0 Å². The van der Waals surface area contributed by atoms with E-state index >= 15 is 0 Å². The Kier molecular flexibility index (Phi) is 4.33. The molecule has 6 heteroatoms. The van der Waals surface area contributed by atoms with Crippen LogP contribution in [0, 0.1) is 5.92 Å². The lowest BCUT2D eigenvalue weighted by molar-refractivity contribution is 0.0953. The number of nitrogens with zero attached hydrogens (tertiary/aromatic N) is 2. The number of hydrogen-bond donors (Lipinski definition) is 2. The Bertz CT molecular complexity index is 508. The van der Waals surface area contributed by atoms with Crippen LogP contribution < -0.4 is 16.0 Å². The number of hydrogen-bond acceptors (Lipinski definition) is 5. The number of aromatic nitrogens is 1. The van der Waals surface area contributed by atoms with Crippen LogP contribution >= 0.6 is 11.3 Å². The molecule has 5 nitrogen and oxygen atoms in total. The first-order chi connectivity index (χ1) is 10.2. The molecule has 1 aromatic heterocycles. The van der Waals surface area contributed by atoms with E-state index in [4.69, 9.17) is 5.73 Å². The molecule has 1 amide bonds. The highest BCUT2D eigenvalue weighted by Gasteiger charge is 2.37. The Labute approximate surface area is 129 Å². The fourth-order valence-corrected chi connectivity index (χ4v) is 3.93. The fourth-order valence-electron chi connectivity index (χ4n) is 2.99. The molecule has 2 unspecified atom stereocenters. The number of nitrogens with one attached hydrogen (secondary N) is 1. The zero-order chi connectivity index (χ0) is 14.8. The number of anilines is 2. The molecule has 0 bridgehead atoms. The number of nitrogen functional groups attached to an aromatic ring is 1. The van der Waals surface area contributed by atoms with Gasteiger partial charge in [-0.05, 0) is 25.2 Å². The van der Waals surface area contributed by atoms with E-state index in [-0.39, 0.29) is 5.91 Å². The second-order valence-corrected chi connectivity index (χ2v) is 7.07. The second-order valence-electron chi connectivity index (χ2n) is 6.10. The van der Waals surface area contributed by atoms with E-state index in [1.807, 2.05) is 0 Å². The molecule has 2 atom stereocenters. The van der Waals surface area contributed by atoms with Crippen molar-refractivity contribution in [3.8, 4) is 0 Å². The summed E-state index contributed by atoms with van der Waals surface area (Å²) < 4.78 is 0. The van der Waals surface area contributed by atoms with Crippen molar-refractivity contribution in [3.05, 3.63) is 4.88 Å². The molecule has 116 valence electrons. The van der Waals surface area contributed by atoms with Crippen LogP contribution in [0.15, 0.2) is 0 Å². The van der Waals surface area contributed by atoms with Gasteiger partial charge < -0.3 is 16.0 Å². The highest BCUT2D eigenvalue weighted by molar-refractivity contribution is 7.18. The lowest BCUT2D eigenvalue weighted by atomic mass is 10.2. The van der Waals surface area contributed by atoms with Crippen LogP contribution in [0.5, 0.6) is 0 Å².